The number of amides is 2. The number of nitrogens with zero attached hydrogens (tertiary/aromatic N) is 4. The van der Waals surface area contributed by atoms with Gasteiger partial charge >= 0.3 is 12.0 Å². The highest BCUT2D eigenvalue weighted by atomic mass is 16.4. The normalized spacial score (nSPS) is 23.9. The molecule has 26 heavy (non-hydrogen) atoms. The second-order valence-corrected chi connectivity index (χ2v) is 7.47. The van der Waals surface area contributed by atoms with Gasteiger partial charge in [0, 0.05) is 44.0 Å². The standard InChI is InChI=1S/C18H27N5O3/c1-3-13-10-15(20-12-19-13)22-7-4-14(5-8-22)21-17(26)23-9-6-18(2,11-23)16(24)25/h10,12,14H,3-9,11H2,1-2H3,(H,21,26)(H,24,25). The second kappa shape index (κ2) is 7.47. The number of carbonyl (C=O) groups excluding carboxylic acids is 1. The van der Waals surface area contributed by atoms with Crippen LogP contribution in [0.15, 0.2) is 12.4 Å². The molecule has 8 nitrogen and oxygen atoms in total. The summed E-state index contributed by atoms with van der Waals surface area (Å²) in [6.45, 7) is 6.20. The minimum absolute atomic E-state index is 0.114. The van der Waals surface area contributed by atoms with E-state index in [-0.39, 0.29) is 18.6 Å². The average Bonchev–Trinajstić information content (AvgIpc) is 3.06. The Hall–Kier alpha value is -2.38. The van der Waals surface area contributed by atoms with Crippen molar-refractivity contribution >= 4 is 17.8 Å². The molecule has 0 bridgehead atoms. The number of carboxylic acid groups (broad SMARTS) is 1. The molecule has 1 aromatic rings. The van der Waals surface area contributed by atoms with Crippen LogP contribution in [0.2, 0.25) is 0 Å². The maximum absolute atomic E-state index is 12.4. The number of likely N-dealkylation sites (tertiary alicyclic amines) is 1. The lowest BCUT2D eigenvalue weighted by Gasteiger charge is -2.34. The number of aliphatic carboxylic acids is 1. The maximum atomic E-state index is 12.4. The van der Waals surface area contributed by atoms with Gasteiger partial charge in [0.05, 0.1) is 5.41 Å². The largest absolute Gasteiger partial charge is 0.481 e. The third-order valence-corrected chi connectivity index (χ3v) is 5.49. The van der Waals surface area contributed by atoms with Crippen LogP contribution in [0.3, 0.4) is 0 Å². The van der Waals surface area contributed by atoms with E-state index in [1.54, 1.807) is 18.2 Å². The highest BCUT2D eigenvalue weighted by molar-refractivity contribution is 5.79. The third kappa shape index (κ3) is 3.89. The van der Waals surface area contributed by atoms with E-state index in [9.17, 15) is 14.7 Å². The summed E-state index contributed by atoms with van der Waals surface area (Å²) >= 11 is 0. The highest BCUT2D eigenvalue weighted by Crippen LogP contribution is 2.30. The highest BCUT2D eigenvalue weighted by Gasteiger charge is 2.42. The van der Waals surface area contributed by atoms with E-state index in [1.165, 1.54) is 0 Å². The second-order valence-electron chi connectivity index (χ2n) is 7.47. The molecule has 2 N–H and O–H groups in total. The quantitative estimate of drug-likeness (QED) is 0.843. The van der Waals surface area contributed by atoms with Crippen LogP contribution >= 0.6 is 0 Å². The Kier molecular flexibility index (Phi) is 5.29. The molecule has 8 heteroatoms. The first kappa shape index (κ1) is 18.4. The number of hydrogen-bond donors (Lipinski definition) is 2. The minimum Gasteiger partial charge on any atom is -0.481 e. The number of carbonyl (C=O) groups is 2. The van der Waals surface area contributed by atoms with Gasteiger partial charge in [0.15, 0.2) is 0 Å². The Morgan fingerprint density at radius 2 is 2.04 bits per heavy atom. The fourth-order valence-electron chi connectivity index (χ4n) is 3.58. The molecule has 142 valence electrons. The lowest BCUT2D eigenvalue weighted by atomic mass is 9.90. The first-order valence-corrected chi connectivity index (χ1v) is 9.26. The topological polar surface area (TPSA) is 98.7 Å². The number of anilines is 1. The van der Waals surface area contributed by atoms with Crippen molar-refractivity contribution in [2.45, 2.75) is 45.6 Å². The zero-order valence-electron chi connectivity index (χ0n) is 15.4. The molecule has 1 aromatic heterocycles. The Morgan fingerprint density at radius 3 is 2.65 bits per heavy atom. The Bertz CT molecular complexity index is 675. The molecule has 2 aliphatic heterocycles. The first-order chi connectivity index (χ1) is 12.4. The number of aryl methyl sites for hydroxylation is 1. The van der Waals surface area contributed by atoms with Gasteiger partial charge in [0.25, 0.3) is 0 Å². The summed E-state index contributed by atoms with van der Waals surface area (Å²) in [4.78, 5) is 36.2. The fraction of sp³-hybridized carbons (Fsp3) is 0.667. The predicted molar refractivity (Wildman–Crippen MR) is 97.1 cm³/mol. The van der Waals surface area contributed by atoms with E-state index >= 15 is 0 Å². The van der Waals surface area contributed by atoms with Crippen LogP contribution in [0.25, 0.3) is 0 Å². The van der Waals surface area contributed by atoms with Crippen molar-refractivity contribution in [2.75, 3.05) is 31.1 Å². The van der Waals surface area contributed by atoms with Crippen molar-refractivity contribution in [2.24, 2.45) is 5.41 Å². The van der Waals surface area contributed by atoms with Crippen LogP contribution in [-0.4, -0.2) is 64.2 Å². The monoisotopic (exact) mass is 361 g/mol. The number of carboxylic acids is 1. The van der Waals surface area contributed by atoms with Crippen LogP contribution in [0, 0.1) is 5.41 Å². The van der Waals surface area contributed by atoms with Crippen LogP contribution < -0.4 is 10.2 Å². The first-order valence-electron chi connectivity index (χ1n) is 9.26. The van der Waals surface area contributed by atoms with Gasteiger partial charge < -0.3 is 20.2 Å². The molecule has 0 saturated carbocycles. The number of urea groups is 1. The molecular weight excluding hydrogens is 334 g/mol. The van der Waals surface area contributed by atoms with Gasteiger partial charge in [-0.05, 0) is 32.6 Å². The summed E-state index contributed by atoms with van der Waals surface area (Å²) < 4.78 is 0. The molecule has 0 spiro atoms. The zero-order chi connectivity index (χ0) is 18.7. The Morgan fingerprint density at radius 1 is 1.31 bits per heavy atom. The van der Waals surface area contributed by atoms with E-state index < -0.39 is 11.4 Å². The van der Waals surface area contributed by atoms with Gasteiger partial charge in [-0.1, -0.05) is 6.92 Å². The molecular formula is C18H27N5O3. The number of aromatic nitrogens is 2. The Balaban J connectivity index is 1.49. The molecule has 1 unspecified atom stereocenters. The van der Waals surface area contributed by atoms with Crippen LogP contribution in [0.4, 0.5) is 10.6 Å². The third-order valence-electron chi connectivity index (χ3n) is 5.49. The summed E-state index contributed by atoms with van der Waals surface area (Å²) in [6.07, 6.45) is 4.69. The van der Waals surface area contributed by atoms with Gasteiger partial charge in [-0.25, -0.2) is 14.8 Å². The lowest BCUT2D eigenvalue weighted by molar-refractivity contribution is -0.147. The molecule has 2 aliphatic rings. The molecule has 0 aromatic carbocycles. The smallest absolute Gasteiger partial charge is 0.317 e. The Labute approximate surface area is 153 Å². The zero-order valence-corrected chi connectivity index (χ0v) is 15.4. The van der Waals surface area contributed by atoms with Gasteiger partial charge in [-0.15, -0.1) is 0 Å². The van der Waals surface area contributed by atoms with Crippen molar-refractivity contribution in [1.29, 1.82) is 0 Å². The summed E-state index contributed by atoms with van der Waals surface area (Å²) in [6, 6.07) is 1.99. The van der Waals surface area contributed by atoms with E-state index in [0.29, 0.717) is 13.0 Å². The average molecular weight is 361 g/mol. The van der Waals surface area contributed by atoms with Crippen molar-refractivity contribution in [1.82, 2.24) is 20.2 Å². The molecule has 0 aliphatic carbocycles. The predicted octanol–water partition coefficient (Wildman–Crippen LogP) is 1.51. The summed E-state index contributed by atoms with van der Waals surface area (Å²) in [5, 5.41) is 12.4. The molecule has 3 rings (SSSR count). The van der Waals surface area contributed by atoms with Gasteiger partial charge in [0.1, 0.15) is 12.1 Å². The summed E-state index contributed by atoms with van der Waals surface area (Å²) in [7, 11) is 0. The van der Waals surface area contributed by atoms with Crippen LogP contribution in [0.5, 0.6) is 0 Å². The van der Waals surface area contributed by atoms with Gasteiger partial charge in [-0.3, -0.25) is 4.79 Å². The van der Waals surface area contributed by atoms with Crippen molar-refractivity contribution in [3.63, 3.8) is 0 Å². The number of hydrogen-bond acceptors (Lipinski definition) is 5. The molecule has 2 fully saturated rings. The number of piperidine rings is 1. The summed E-state index contributed by atoms with van der Waals surface area (Å²) in [5.74, 6) is 0.107. The van der Waals surface area contributed by atoms with Crippen LogP contribution in [-0.2, 0) is 11.2 Å². The number of nitrogens with one attached hydrogen (secondary N) is 1. The molecule has 3 heterocycles. The van der Waals surface area contributed by atoms with Gasteiger partial charge in [0.2, 0.25) is 0 Å². The molecule has 2 amide bonds. The van der Waals surface area contributed by atoms with Crippen LogP contribution in [0.1, 0.15) is 38.8 Å². The number of rotatable bonds is 4. The minimum atomic E-state index is -0.836. The SMILES string of the molecule is CCc1cc(N2CCC(NC(=O)N3CCC(C)(C(=O)O)C3)CC2)ncn1. The molecule has 0 radical (unpaired) electrons. The van der Waals surface area contributed by atoms with E-state index in [4.69, 9.17) is 0 Å². The summed E-state index contributed by atoms with van der Waals surface area (Å²) in [5.41, 5.74) is 0.200. The van der Waals surface area contributed by atoms with E-state index in [2.05, 4.69) is 27.1 Å². The van der Waals surface area contributed by atoms with E-state index in [1.807, 2.05) is 6.07 Å². The molecule has 1 atom stereocenters. The van der Waals surface area contributed by atoms with E-state index in [0.717, 1.165) is 43.9 Å². The molecule has 2 saturated heterocycles. The maximum Gasteiger partial charge on any atom is 0.317 e. The van der Waals surface area contributed by atoms with Crippen molar-refractivity contribution < 1.29 is 14.7 Å². The van der Waals surface area contributed by atoms with Crippen molar-refractivity contribution in [3.05, 3.63) is 18.1 Å². The lowest BCUT2D eigenvalue weighted by Crippen LogP contribution is -2.49. The van der Waals surface area contributed by atoms with Gasteiger partial charge in [-0.2, -0.15) is 0 Å². The fourth-order valence-corrected chi connectivity index (χ4v) is 3.58. The van der Waals surface area contributed by atoms with Crippen molar-refractivity contribution in [3.8, 4) is 0 Å².